The van der Waals surface area contributed by atoms with E-state index < -0.39 is 0 Å². The van der Waals surface area contributed by atoms with Gasteiger partial charge in [-0.3, -0.25) is 4.90 Å². The Labute approximate surface area is 97.1 Å². The molecular weight excluding hydrogens is 200 g/mol. The normalized spacial score (nSPS) is 15.4. The Hall–Kier alpha value is -1.16. The van der Waals surface area contributed by atoms with Crippen molar-refractivity contribution in [3.8, 4) is 0 Å². The molecular formula is C12H20N4. The second-order valence-corrected chi connectivity index (χ2v) is 4.35. The summed E-state index contributed by atoms with van der Waals surface area (Å²) in [6, 6.07) is 4.81. The second-order valence-electron chi connectivity index (χ2n) is 4.35. The number of nitrogens with zero attached hydrogens (tertiary/aromatic N) is 3. The van der Waals surface area contributed by atoms with Crippen molar-refractivity contribution < 1.29 is 0 Å². The average molecular weight is 220 g/mol. The SMILES string of the molecule is CCN(CCNc1ccc(C)nn1)C1CC1. The fraction of sp³-hybridized carbons (Fsp3) is 0.667. The van der Waals surface area contributed by atoms with Crippen LogP contribution in [-0.2, 0) is 0 Å². The van der Waals surface area contributed by atoms with Crippen molar-refractivity contribution in [2.24, 2.45) is 0 Å². The Kier molecular flexibility index (Phi) is 3.72. The van der Waals surface area contributed by atoms with Gasteiger partial charge in [0.25, 0.3) is 0 Å². The van der Waals surface area contributed by atoms with Gasteiger partial charge in [0.05, 0.1) is 5.69 Å². The van der Waals surface area contributed by atoms with E-state index >= 15 is 0 Å². The molecule has 0 radical (unpaired) electrons. The highest BCUT2D eigenvalue weighted by molar-refractivity contribution is 5.32. The molecule has 1 heterocycles. The van der Waals surface area contributed by atoms with Crippen molar-refractivity contribution in [2.75, 3.05) is 25.0 Å². The van der Waals surface area contributed by atoms with Gasteiger partial charge >= 0.3 is 0 Å². The van der Waals surface area contributed by atoms with Crippen LogP contribution in [0.25, 0.3) is 0 Å². The Balaban J connectivity index is 1.72. The third-order valence-electron chi connectivity index (χ3n) is 2.97. The van der Waals surface area contributed by atoms with Gasteiger partial charge in [0.15, 0.2) is 0 Å². The van der Waals surface area contributed by atoms with E-state index in [4.69, 9.17) is 0 Å². The zero-order chi connectivity index (χ0) is 11.4. The van der Waals surface area contributed by atoms with E-state index in [2.05, 4.69) is 27.3 Å². The highest BCUT2D eigenvalue weighted by Crippen LogP contribution is 2.25. The molecule has 0 spiro atoms. The van der Waals surface area contributed by atoms with Crippen LogP contribution < -0.4 is 5.32 Å². The molecule has 0 amide bonds. The standard InChI is InChI=1S/C12H20N4/c1-3-16(11-5-6-11)9-8-13-12-7-4-10(2)14-15-12/h4,7,11H,3,5-6,8-9H2,1-2H3,(H,13,15). The van der Waals surface area contributed by atoms with Gasteiger partial charge in [-0.25, -0.2) is 0 Å². The molecule has 88 valence electrons. The monoisotopic (exact) mass is 220 g/mol. The molecule has 1 aromatic rings. The topological polar surface area (TPSA) is 41.0 Å². The number of hydrogen-bond acceptors (Lipinski definition) is 4. The van der Waals surface area contributed by atoms with Crippen LogP contribution in [0.4, 0.5) is 5.82 Å². The van der Waals surface area contributed by atoms with Crippen molar-refractivity contribution in [3.05, 3.63) is 17.8 Å². The van der Waals surface area contributed by atoms with Crippen LogP contribution in [0.2, 0.25) is 0 Å². The van der Waals surface area contributed by atoms with Crippen LogP contribution in [0.3, 0.4) is 0 Å². The number of aromatic nitrogens is 2. The summed E-state index contributed by atoms with van der Waals surface area (Å²) in [4.78, 5) is 2.52. The molecule has 4 nitrogen and oxygen atoms in total. The van der Waals surface area contributed by atoms with E-state index in [9.17, 15) is 0 Å². The first-order chi connectivity index (χ1) is 7.79. The molecule has 0 saturated heterocycles. The smallest absolute Gasteiger partial charge is 0.148 e. The maximum absolute atomic E-state index is 4.08. The minimum absolute atomic E-state index is 0.843. The Morgan fingerprint density at radius 2 is 2.19 bits per heavy atom. The zero-order valence-electron chi connectivity index (χ0n) is 10.1. The zero-order valence-corrected chi connectivity index (χ0v) is 10.1. The molecule has 2 rings (SSSR count). The van der Waals surface area contributed by atoms with E-state index in [0.29, 0.717) is 0 Å². The number of aryl methyl sites for hydroxylation is 1. The number of hydrogen-bond donors (Lipinski definition) is 1. The van der Waals surface area contributed by atoms with Gasteiger partial charge in [0.2, 0.25) is 0 Å². The number of likely N-dealkylation sites (N-methyl/N-ethyl adjacent to an activating group) is 1. The molecule has 4 heteroatoms. The van der Waals surface area contributed by atoms with Crippen molar-refractivity contribution in [1.29, 1.82) is 0 Å². The number of nitrogens with one attached hydrogen (secondary N) is 1. The highest BCUT2D eigenvalue weighted by Gasteiger charge is 2.26. The minimum Gasteiger partial charge on any atom is -0.367 e. The summed E-state index contributed by atoms with van der Waals surface area (Å²) >= 11 is 0. The second kappa shape index (κ2) is 5.25. The van der Waals surface area contributed by atoms with E-state index in [-0.39, 0.29) is 0 Å². The lowest BCUT2D eigenvalue weighted by Crippen LogP contribution is -2.31. The lowest BCUT2D eigenvalue weighted by Gasteiger charge is -2.19. The summed E-state index contributed by atoms with van der Waals surface area (Å²) < 4.78 is 0. The Morgan fingerprint density at radius 3 is 2.75 bits per heavy atom. The lowest BCUT2D eigenvalue weighted by molar-refractivity contribution is 0.289. The average Bonchev–Trinajstić information content (AvgIpc) is 3.11. The van der Waals surface area contributed by atoms with Crippen LogP contribution in [0.15, 0.2) is 12.1 Å². The predicted octanol–water partition coefficient (Wildman–Crippen LogP) is 1.68. The van der Waals surface area contributed by atoms with Gasteiger partial charge in [-0.1, -0.05) is 6.92 Å². The van der Waals surface area contributed by atoms with Gasteiger partial charge in [0.1, 0.15) is 5.82 Å². The van der Waals surface area contributed by atoms with Gasteiger partial charge < -0.3 is 5.32 Å². The molecule has 0 atom stereocenters. The van der Waals surface area contributed by atoms with Crippen molar-refractivity contribution in [2.45, 2.75) is 32.7 Å². The minimum atomic E-state index is 0.843. The quantitative estimate of drug-likeness (QED) is 0.792. The molecule has 0 bridgehead atoms. The molecule has 1 aliphatic carbocycles. The molecule has 1 aromatic heterocycles. The van der Waals surface area contributed by atoms with E-state index in [0.717, 1.165) is 37.2 Å². The molecule has 0 aromatic carbocycles. The first-order valence-corrected chi connectivity index (χ1v) is 6.08. The van der Waals surface area contributed by atoms with Gasteiger partial charge in [-0.05, 0) is 38.4 Å². The van der Waals surface area contributed by atoms with Gasteiger partial charge in [0, 0.05) is 19.1 Å². The van der Waals surface area contributed by atoms with Gasteiger partial charge in [-0.2, -0.15) is 5.10 Å². The van der Waals surface area contributed by atoms with Crippen molar-refractivity contribution in [3.63, 3.8) is 0 Å². The summed E-state index contributed by atoms with van der Waals surface area (Å²) in [5.74, 6) is 0.873. The molecule has 0 unspecified atom stereocenters. The summed E-state index contributed by atoms with van der Waals surface area (Å²) in [6.45, 7) is 7.36. The number of anilines is 1. The largest absolute Gasteiger partial charge is 0.367 e. The molecule has 1 N–H and O–H groups in total. The summed E-state index contributed by atoms with van der Waals surface area (Å²) in [6.07, 6.45) is 2.75. The summed E-state index contributed by atoms with van der Waals surface area (Å²) in [5.41, 5.74) is 0.957. The van der Waals surface area contributed by atoms with Gasteiger partial charge in [-0.15, -0.1) is 5.10 Å². The third kappa shape index (κ3) is 3.17. The molecule has 1 fully saturated rings. The van der Waals surface area contributed by atoms with E-state index in [1.807, 2.05) is 19.1 Å². The van der Waals surface area contributed by atoms with E-state index in [1.165, 1.54) is 12.8 Å². The number of rotatable bonds is 6. The fourth-order valence-corrected chi connectivity index (χ4v) is 1.86. The lowest BCUT2D eigenvalue weighted by atomic mass is 10.4. The fourth-order valence-electron chi connectivity index (χ4n) is 1.86. The van der Waals surface area contributed by atoms with Crippen LogP contribution >= 0.6 is 0 Å². The molecule has 16 heavy (non-hydrogen) atoms. The third-order valence-corrected chi connectivity index (χ3v) is 2.97. The van der Waals surface area contributed by atoms with Crippen molar-refractivity contribution in [1.82, 2.24) is 15.1 Å². The maximum atomic E-state index is 4.08. The molecule has 1 saturated carbocycles. The van der Waals surface area contributed by atoms with Crippen LogP contribution in [0.1, 0.15) is 25.5 Å². The predicted molar refractivity (Wildman–Crippen MR) is 65.5 cm³/mol. The molecule has 0 aliphatic heterocycles. The Morgan fingerprint density at radius 1 is 1.38 bits per heavy atom. The summed E-state index contributed by atoms with van der Waals surface area (Å²) in [5, 5.41) is 11.4. The van der Waals surface area contributed by atoms with Crippen molar-refractivity contribution >= 4 is 5.82 Å². The Bertz CT molecular complexity index is 318. The van der Waals surface area contributed by atoms with Crippen LogP contribution in [0.5, 0.6) is 0 Å². The highest BCUT2D eigenvalue weighted by atomic mass is 15.2. The van der Waals surface area contributed by atoms with Crippen LogP contribution in [0, 0.1) is 6.92 Å². The first kappa shape index (κ1) is 11.3. The van der Waals surface area contributed by atoms with E-state index in [1.54, 1.807) is 0 Å². The van der Waals surface area contributed by atoms with Crippen LogP contribution in [-0.4, -0.2) is 40.8 Å². The maximum Gasteiger partial charge on any atom is 0.148 e. The first-order valence-electron chi connectivity index (χ1n) is 6.08. The summed E-state index contributed by atoms with van der Waals surface area (Å²) in [7, 11) is 0. The molecule has 1 aliphatic rings.